The van der Waals surface area contributed by atoms with Crippen LogP contribution in [0.25, 0.3) is 0 Å². The highest BCUT2D eigenvalue weighted by Gasteiger charge is 2.26. The molecule has 2 N–H and O–H groups in total. The molecule has 0 radical (unpaired) electrons. The third kappa shape index (κ3) is 2.38. The maximum absolute atomic E-state index is 8.43. The minimum atomic E-state index is -0.758. The van der Waals surface area contributed by atoms with Crippen molar-refractivity contribution in [3.63, 3.8) is 0 Å². The van der Waals surface area contributed by atoms with Crippen molar-refractivity contribution in [3.8, 4) is 0 Å². The Morgan fingerprint density at radius 3 is 2.74 bits per heavy atom. The van der Waals surface area contributed by atoms with Crippen molar-refractivity contribution in [1.82, 2.24) is 0 Å². The van der Waals surface area contributed by atoms with Crippen molar-refractivity contribution < 1.29 is 4.11 Å². The molecule has 0 fully saturated rings. The number of rotatable bonds is 1. The van der Waals surface area contributed by atoms with E-state index in [1.807, 2.05) is 6.07 Å². The number of hydrogen-bond donors (Lipinski definition) is 1. The predicted molar refractivity (Wildman–Crippen MR) is 80.9 cm³/mol. The summed E-state index contributed by atoms with van der Waals surface area (Å²) >= 11 is 12.1. The Kier molecular flexibility index (Phi) is 2.67. The second kappa shape index (κ2) is 5.16. The van der Waals surface area contributed by atoms with Crippen LogP contribution in [0, 0.1) is 0 Å². The van der Waals surface area contributed by atoms with Gasteiger partial charge in [0.2, 0.25) is 0 Å². The highest BCUT2D eigenvalue weighted by molar-refractivity contribution is 6.42. The molecule has 4 atom stereocenters. The molecule has 2 unspecified atom stereocenters. The van der Waals surface area contributed by atoms with Gasteiger partial charge in [-0.2, -0.15) is 0 Å². The van der Waals surface area contributed by atoms with E-state index in [9.17, 15) is 0 Å². The zero-order chi connectivity index (χ0) is 16.0. The molecule has 3 rings (SSSR count). The molecule has 2 aromatic rings. The molecule has 0 amide bonds. The molecule has 0 aromatic heterocycles. The van der Waals surface area contributed by atoms with E-state index in [2.05, 4.69) is 0 Å². The van der Waals surface area contributed by atoms with Gasteiger partial charge >= 0.3 is 0 Å². The fraction of sp³-hybridized carbons (Fsp3) is 0.250. The van der Waals surface area contributed by atoms with Crippen LogP contribution in [0.4, 0.5) is 0 Å². The van der Waals surface area contributed by atoms with Crippen LogP contribution >= 0.6 is 23.2 Å². The van der Waals surface area contributed by atoms with Gasteiger partial charge in [-0.3, -0.25) is 0 Å². The van der Waals surface area contributed by atoms with Crippen molar-refractivity contribution in [2.75, 3.05) is 0 Å². The van der Waals surface area contributed by atoms with Gasteiger partial charge in [-0.05, 0) is 41.6 Å². The summed E-state index contributed by atoms with van der Waals surface area (Å²) in [6.07, 6.45) is -1.51. The standard InChI is InChI=1S/C16H15Cl2N/c17-14-7-5-10(9-15(14)18)11-6-8-16(19)13-4-2-1-3-12(11)13/h1-5,7,9,11,16H,6,8,19H2/t11?,16-/m0/s1/i3D,6D,8D/t6?,8-,11?,16-. The molecule has 19 heavy (non-hydrogen) atoms. The molecule has 0 saturated carbocycles. The summed E-state index contributed by atoms with van der Waals surface area (Å²) in [6, 6.07) is 10.3. The second-order valence-corrected chi connectivity index (χ2v) is 5.42. The second-order valence-electron chi connectivity index (χ2n) is 4.60. The fourth-order valence-electron chi connectivity index (χ4n) is 2.44. The first-order valence-corrected chi connectivity index (χ1v) is 6.82. The topological polar surface area (TPSA) is 26.0 Å². The summed E-state index contributed by atoms with van der Waals surface area (Å²) in [6.45, 7) is 0. The minimum absolute atomic E-state index is 0.341. The third-order valence-corrected chi connectivity index (χ3v) is 4.14. The average Bonchev–Trinajstić information content (AvgIpc) is 2.49. The zero-order valence-electron chi connectivity index (χ0n) is 13.1. The smallest absolute Gasteiger partial charge is 0.0626 e. The van der Waals surface area contributed by atoms with Crippen molar-refractivity contribution in [3.05, 3.63) is 69.2 Å². The van der Waals surface area contributed by atoms with E-state index in [0.29, 0.717) is 16.1 Å². The first kappa shape index (κ1) is 9.82. The van der Waals surface area contributed by atoms with E-state index in [0.717, 1.165) is 16.7 Å². The number of fused-ring (bicyclic) bond motifs is 1. The van der Waals surface area contributed by atoms with E-state index >= 15 is 0 Å². The molecule has 1 nitrogen and oxygen atoms in total. The highest BCUT2D eigenvalue weighted by Crippen LogP contribution is 2.41. The Labute approximate surface area is 127 Å². The van der Waals surface area contributed by atoms with Crippen molar-refractivity contribution in [1.29, 1.82) is 0 Å². The predicted octanol–water partition coefficient (Wildman–Crippen LogP) is 4.92. The van der Waals surface area contributed by atoms with Crippen LogP contribution in [0.1, 0.15) is 45.6 Å². The Bertz CT molecular complexity index is 723. The number of hydrogen-bond acceptors (Lipinski definition) is 1. The van der Waals surface area contributed by atoms with Crippen molar-refractivity contribution in [2.45, 2.75) is 24.8 Å². The molecule has 3 heteroatoms. The minimum Gasteiger partial charge on any atom is -0.324 e. The molecule has 0 saturated heterocycles. The summed E-state index contributed by atoms with van der Waals surface area (Å²) in [5, 5.41) is 0.855. The maximum Gasteiger partial charge on any atom is 0.0626 e. The highest BCUT2D eigenvalue weighted by atomic mass is 35.5. The van der Waals surface area contributed by atoms with Crippen molar-refractivity contribution >= 4 is 23.2 Å². The molecule has 0 bridgehead atoms. The molecular weight excluding hydrogens is 277 g/mol. The molecule has 2 aromatic carbocycles. The van der Waals surface area contributed by atoms with Crippen LogP contribution in [0.15, 0.2) is 42.4 Å². The van der Waals surface area contributed by atoms with Crippen LogP contribution in [-0.4, -0.2) is 0 Å². The summed E-state index contributed by atoms with van der Waals surface area (Å²) in [5.74, 6) is -0.402. The molecule has 98 valence electrons. The fourth-order valence-corrected chi connectivity index (χ4v) is 2.74. The quantitative estimate of drug-likeness (QED) is 0.794. The molecule has 0 aliphatic heterocycles. The van der Waals surface area contributed by atoms with Gasteiger partial charge < -0.3 is 5.73 Å². The summed E-state index contributed by atoms with van der Waals surface area (Å²) in [4.78, 5) is 0. The Morgan fingerprint density at radius 1 is 1.11 bits per heavy atom. The number of benzene rings is 2. The summed E-state index contributed by atoms with van der Waals surface area (Å²) in [5.41, 5.74) is 8.39. The van der Waals surface area contributed by atoms with Crippen molar-refractivity contribution in [2.24, 2.45) is 5.73 Å². The first-order chi connectivity index (χ1) is 10.4. The van der Waals surface area contributed by atoms with Gasteiger partial charge in [-0.25, -0.2) is 0 Å². The zero-order valence-corrected chi connectivity index (χ0v) is 11.6. The normalized spacial score (nSPS) is 32.1. The van der Waals surface area contributed by atoms with E-state index in [1.54, 1.807) is 30.3 Å². The summed E-state index contributed by atoms with van der Waals surface area (Å²) in [7, 11) is 0. The molecule has 1 aliphatic carbocycles. The van der Waals surface area contributed by atoms with Gasteiger partial charge in [0.15, 0.2) is 0 Å². The van der Waals surface area contributed by atoms with Crippen LogP contribution < -0.4 is 5.73 Å². The van der Waals surface area contributed by atoms with E-state index in [4.69, 9.17) is 33.0 Å². The van der Waals surface area contributed by atoms with Crippen LogP contribution in [0.2, 0.25) is 10.0 Å². The lowest BCUT2D eigenvalue weighted by molar-refractivity contribution is 0.530. The summed E-state index contributed by atoms with van der Waals surface area (Å²) < 4.78 is 24.9. The number of halogens is 2. The van der Waals surface area contributed by atoms with E-state index in [1.165, 1.54) is 0 Å². The monoisotopic (exact) mass is 294 g/mol. The van der Waals surface area contributed by atoms with E-state index < -0.39 is 24.8 Å². The third-order valence-electron chi connectivity index (χ3n) is 3.41. The SMILES string of the molecule is [2H]c1cccc2c1C(c1ccc(Cl)c(Cl)c1)C([2H])[C@H]([2H])[C@@H]2N. The largest absolute Gasteiger partial charge is 0.324 e. The Hall–Kier alpha value is -1.02. The first-order valence-electron chi connectivity index (χ1n) is 7.71. The lowest BCUT2D eigenvalue weighted by atomic mass is 9.77. The molecule has 0 spiro atoms. The van der Waals surface area contributed by atoms with Gasteiger partial charge in [0.05, 0.1) is 11.4 Å². The average molecular weight is 295 g/mol. The molecule has 1 aliphatic rings. The van der Waals surface area contributed by atoms with Gasteiger partial charge in [0, 0.05) is 14.7 Å². The lowest BCUT2D eigenvalue weighted by Gasteiger charge is -2.30. The molecule has 0 heterocycles. The van der Waals surface area contributed by atoms with Gasteiger partial charge in [-0.15, -0.1) is 0 Å². The van der Waals surface area contributed by atoms with Crippen LogP contribution in [0.5, 0.6) is 0 Å². The molecular formula is C16H15Cl2N. The van der Waals surface area contributed by atoms with Gasteiger partial charge in [0.1, 0.15) is 0 Å². The maximum atomic E-state index is 8.43. The van der Waals surface area contributed by atoms with Gasteiger partial charge in [0.25, 0.3) is 0 Å². The number of nitrogens with two attached hydrogens (primary N) is 1. The Morgan fingerprint density at radius 2 is 1.95 bits per heavy atom. The van der Waals surface area contributed by atoms with Gasteiger partial charge in [-0.1, -0.05) is 53.5 Å². The van der Waals surface area contributed by atoms with Crippen LogP contribution in [-0.2, 0) is 0 Å². The van der Waals surface area contributed by atoms with E-state index in [-0.39, 0.29) is 0 Å². The lowest BCUT2D eigenvalue weighted by Crippen LogP contribution is -2.20. The Balaban J connectivity index is 2.22. The van der Waals surface area contributed by atoms with Crippen LogP contribution in [0.3, 0.4) is 0 Å².